The fraction of sp³-hybridized carbons (Fsp3) is 0.647. The summed E-state index contributed by atoms with van der Waals surface area (Å²) in [4.78, 5) is 2.33. The third-order valence-corrected chi connectivity index (χ3v) is 4.63. The van der Waals surface area contributed by atoms with E-state index in [1.165, 1.54) is 31.7 Å². The molecule has 4 heteroatoms. The van der Waals surface area contributed by atoms with E-state index in [-0.39, 0.29) is 24.4 Å². The molecule has 0 amide bonds. The number of hydrogen-bond donors (Lipinski definition) is 2. The van der Waals surface area contributed by atoms with E-state index in [0.29, 0.717) is 18.2 Å². The van der Waals surface area contributed by atoms with Gasteiger partial charge >= 0.3 is 0 Å². The Kier molecular flexibility index (Phi) is 6.15. The molecular weight excluding hydrogens is 267 g/mol. The van der Waals surface area contributed by atoms with Gasteiger partial charge in [-0.15, -0.1) is 0 Å². The highest BCUT2D eigenvalue weighted by molar-refractivity contribution is 5.21. The predicted molar refractivity (Wildman–Crippen MR) is 83.4 cm³/mol. The summed E-state index contributed by atoms with van der Waals surface area (Å²) in [6, 6.07) is 6.98. The number of rotatable bonds is 7. The summed E-state index contributed by atoms with van der Waals surface area (Å²) in [5, 5.41) is 9.28. The van der Waals surface area contributed by atoms with Crippen LogP contribution in [0.3, 0.4) is 0 Å². The molecule has 1 aliphatic carbocycles. The first-order chi connectivity index (χ1) is 10.1. The van der Waals surface area contributed by atoms with Crippen molar-refractivity contribution < 1.29 is 9.50 Å². The van der Waals surface area contributed by atoms with Gasteiger partial charge in [-0.05, 0) is 24.8 Å². The molecule has 2 rings (SSSR count). The average molecular weight is 294 g/mol. The first-order valence-corrected chi connectivity index (χ1v) is 7.98. The topological polar surface area (TPSA) is 49.5 Å². The molecule has 0 aliphatic heterocycles. The highest BCUT2D eigenvalue weighted by atomic mass is 19.1. The van der Waals surface area contributed by atoms with Crippen molar-refractivity contribution in [1.82, 2.24) is 4.90 Å². The Bertz CT molecular complexity index is 435. The monoisotopic (exact) mass is 294 g/mol. The summed E-state index contributed by atoms with van der Waals surface area (Å²) >= 11 is 0. The molecule has 1 saturated carbocycles. The van der Waals surface area contributed by atoms with Gasteiger partial charge in [0.05, 0.1) is 6.61 Å². The molecule has 2 unspecified atom stereocenters. The molecule has 1 aromatic carbocycles. The van der Waals surface area contributed by atoms with Crippen molar-refractivity contribution in [3.8, 4) is 0 Å². The first-order valence-electron chi connectivity index (χ1n) is 7.98. The summed E-state index contributed by atoms with van der Waals surface area (Å²) in [5.41, 5.74) is 6.84. The van der Waals surface area contributed by atoms with Gasteiger partial charge in [0.2, 0.25) is 0 Å². The summed E-state index contributed by atoms with van der Waals surface area (Å²) in [7, 11) is 0. The van der Waals surface area contributed by atoms with Gasteiger partial charge in [-0.3, -0.25) is 4.90 Å². The number of halogens is 1. The maximum atomic E-state index is 13.9. The molecule has 1 aromatic rings. The van der Waals surface area contributed by atoms with E-state index in [1.807, 2.05) is 6.07 Å². The zero-order valence-electron chi connectivity index (χ0n) is 12.8. The van der Waals surface area contributed by atoms with Crippen molar-refractivity contribution in [3.05, 3.63) is 35.6 Å². The minimum atomic E-state index is -0.311. The second kappa shape index (κ2) is 7.87. The second-order valence-corrected chi connectivity index (χ2v) is 6.18. The third-order valence-electron chi connectivity index (χ3n) is 4.63. The van der Waals surface area contributed by atoms with Gasteiger partial charge < -0.3 is 10.8 Å². The number of benzene rings is 1. The molecule has 2 atom stereocenters. The third kappa shape index (κ3) is 4.25. The minimum Gasteiger partial charge on any atom is -0.395 e. The molecule has 3 N–H and O–H groups in total. The molecule has 118 valence electrons. The van der Waals surface area contributed by atoms with Gasteiger partial charge in [-0.1, -0.05) is 38.0 Å². The van der Waals surface area contributed by atoms with E-state index in [0.717, 1.165) is 6.54 Å². The van der Waals surface area contributed by atoms with Crippen molar-refractivity contribution >= 4 is 0 Å². The molecule has 0 heterocycles. The molecular formula is C17H27FN2O. The molecule has 0 bridgehead atoms. The zero-order valence-corrected chi connectivity index (χ0v) is 12.8. The first kappa shape index (κ1) is 16.4. The lowest BCUT2D eigenvalue weighted by Crippen LogP contribution is -2.41. The van der Waals surface area contributed by atoms with E-state index in [4.69, 9.17) is 5.73 Å². The molecule has 1 aliphatic rings. The average Bonchev–Trinajstić information content (AvgIpc) is 3.00. The minimum absolute atomic E-state index is 0.147. The van der Waals surface area contributed by atoms with Crippen LogP contribution in [0.4, 0.5) is 4.39 Å². The van der Waals surface area contributed by atoms with Gasteiger partial charge in [-0.25, -0.2) is 4.39 Å². The summed E-state index contributed by atoms with van der Waals surface area (Å²) in [6.45, 7) is 3.72. The molecule has 3 nitrogen and oxygen atoms in total. The summed E-state index contributed by atoms with van der Waals surface area (Å²) < 4.78 is 13.9. The van der Waals surface area contributed by atoms with E-state index in [9.17, 15) is 9.50 Å². The van der Waals surface area contributed by atoms with Crippen LogP contribution >= 0.6 is 0 Å². The molecule has 0 saturated heterocycles. The number of nitrogens with two attached hydrogens (primary N) is 1. The van der Waals surface area contributed by atoms with Crippen molar-refractivity contribution in [2.75, 3.05) is 19.7 Å². The van der Waals surface area contributed by atoms with Crippen LogP contribution in [0, 0.1) is 11.7 Å². The second-order valence-electron chi connectivity index (χ2n) is 6.18. The van der Waals surface area contributed by atoms with Gasteiger partial charge in [-0.2, -0.15) is 0 Å². The lowest BCUT2D eigenvalue weighted by atomic mass is 9.94. The maximum absolute atomic E-state index is 13.9. The van der Waals surface area contributed by atoms with E-state index in [2.05, 4.69) is 11.8 Å². The van der Waals surface area contributed by atoms with Gasteiger partial charge in [0.15, 0.2) is 0 Å². The number of aliphatic hydroxyl groups is 1. The van der Waals surface area contributed by atoms with Gasteiger partial charge in [0, 0.05) is 30.7 Å². The largest absolute Gasteiger partial charge is 0.395 e. The van der Waals surface area contributed by atoms with E-state index in [1.54, 1.807) is 12.1 Å². The standard InChI is InChI=1S/C17H27FN2O/c1-13(17(19)15-8-4-5-9-16(15)18)12-20(10-11-21)14-6-2-3-7-14/h4-5,8-9,13-14,17,21H,2-3,6-7,10-12,19H2,1H3. The number of hydrogen-bond acceptors (Lipinski definition) is 3. The molecule has 0 radical (unpaired) electrons. The smallest absolute Gasteiger partial charge is 0.127 e. The zero-order chi connectivity index (χ0) is 15.2. The van der Waals surface area contributed by atoms with Gasteiger partial charge in [0.25, 0.3) is 0 Å². The highest BCUT2D eigenvalue weighted by Gasteiger charge is 2.26. The molecule has 0 aromatic heterocycles. The van der Waals surface area contributed by atoms with E-state index < -0.39 is 0 Å². The van der Waals surface area contributed by atoms with Crippen LogP contribution in [0.25, 0.3) is 0 Å². The highest BCUT2D eigenvalue weighted by Crippen LogP contribution is 2.27. The predicted octanol–water partition coefficient (Wildman–Crippen LogP) is 2.70. The van der Waals surface area contributed by atoms with Crippen LogP contribution in [0.1, 0.15) is 44.2 Å². The Hall–Kier alpha value is -0.970. The Morgan fingerprint density at radius 1 is 1.33 bits per heavy atom. The normalized spacial score (nSPS) is 19.1. The van der Waals surface area contributed by atoms with Crippen LogP contribution < -0.4 is 5.73 Å². The van der Waals surface area contributed by atoms with Crippen molar-refractivity contribution in [2.45, 2.75) is 44.7 Å². The van der Waals surface area contributed by atoms with E-state index >= 15 is 0 Å². The Morgan fingerprint density at radius 2 is 2.00 bits per heavy atom. The molecule has 0 spiro atoms. The Balaban J connectivity index is 2.00. The molecule has 1 fully saturated rings. The van der Waals surface area contributed by atoms with Crippen molar-refractivity contribution in [1.29, 1.82) is 0 Å². The van der Waals surface area contributed by atoms with Crippen LogP contribution in [-0.2, 0) is 0 Å². The lowest BCUT2D eigenvalue weighted by molar-refractivity contribution is 0.128. The quantitative estimate of drug-likeness (QED) is 0.813. The SMILES string of the molecule is CC(CN(CCO)C1CCCC1)C(N)c1ccccc1F. The van der Waals surface area contributed by atoms with Crippen LogP contribution in [-0.4, -0.2) is 35.7 Å². The number of nitrogens with zero attached hydrogens (tertiary/aromatic N) is 1. The number of aliphatic hydroxyl groups excluding tert-OH is 1. The van der Waals surface area contributed by atoms with Crippen molar-refractivity contribution in [2.24, 2.45) is 11.7 Å². The van der Waals surface area contributed by atoms with Crippen LogP contribution in [0.5, 0.6) is 0 Å². The maximum Gasteiger partial charge on any atom is 0.127 e. The molecule has 21 heavy (non-hydrogen) atoms. The van der Waals surface area contributed by atoms with Crippen LogP contribution in [0.2, 0.25) is 0 Å². The van der Waals surface area contributed by atoms with Gasteiger partial charge in [0.1, 0.15) is 5.82 Å². The summed E-state index contributed by atoms with van der Waals surface area (Å²) in [6.07, 6.45) is 4.92. The van der Waals surface area contributed by atoms with Crippen LogP contribution in [0.15, 0.2) is 24.3 Å². The lowest BCUT2D eigenvalue weighted by Gasteiger charge is -2.33. The Labute approximate surface area is 126 Å². The Morgan fingerprint density at radius 3 is 2.62 bits per heavy atom. The fourth-order valence-corrected chi connectivity index (χ4v) is 3.36. The van der Waals surface area contributed by atoms with Crippen molar-refractivity contribution in [3.63, 3.8) is 0 Å². The fourth-order valence-electron chi connectivity index (χ4n) is 3.36. The summed E-state index contributed by atoms with van der Waals surface area (Å²) in [5.74, 6) is -0.0829.